The number of phenols is 1. The highest BCUT2D eigenvalue weighted by molar-refractivity contribution is 5.85. The lowest BCUT2D eigenvalue weighted by Gasteiger charge is -2.21. The molecule has 152 valence electrons. The summed E-state index contributed by atoms with van der Waals surface area (Å²) in [6.45, 7) is 8.21. The lowest BCUT2D eigenvalue weighted by atomic mass is 10.0. The normalized spacial score (nSPS) is 15.8. The van der Waals surface area contributed by atoms with E-state index in [1.165, 1.54) is 0 Å². The average Bonchev–Trinajstić information content (AvgIpc) is 3.10. The number of carbonyl (C=O) groups excluding carboxylic acids is 1. The van der Waals surface area contributed by atoms with E-state index >= 15 is 0 Å². The number of cyclic esters (lactones) is 1. The first-order valence-electron chi connectivity index (χ1n) is 9.77. The largest absolute Gasteiger partial charge is 0.508 e. The van der Waals surface area contributed by atoms with Crippen molar-refractivity contribution in [2.75, 3.05) is 0 Å². The summed E-state index contributed by atoms with van der Waals surface area (Å²) in [7, 11) is 0. The van der Waals surface area contributed by atoms with Crippen LogP contribution in [0.2, 0.25) is 0 Å². The molecule has 3 aromatic rings. The molecule has 4 heterocycles. The molecule has 2 aliphatic rings. The molecule has 7 heteroatoms. The van der Waals surface area contributed by atoms with Crippen LogP contribution in [-0.2, 0) is 22.7 Å². The van der Waals surface area contributed by atoms with Gasteiger partial charge in [-0.15, -0.1) is 0 Å². The van der Waals surface area contributed by atoms with E-state index in [9.17, 15) is 19.8 Å². The highest BCUT2D eigenvalue weighted by atomic mass is 16.5. The number of aromatic nitrogens is 2. The van der Waals surface area contributed by atoms with E-state index in [0.29, 0.717) is 29.0 Å². The van der Waals surface area contributed by atoms with Crippen LogP contribution < -0.4 is 5.56 Å². The summed E-state index contributed by atoms with van der Waals surface area (Å²) in [6.07, 6.45) is -1.45. The SMILES string of the molecule is CC.CC.O=C1OCc2c(cc3n(c2=O)Cc2cc4cc(O)ccc4nc2-3)C1O. The molecule has 5 rings (SSSR count). The molecule has 2 aliphatic heterocycles. The maximum Gasteiger partial charge on any atom is 0.340 e. The van der Waals surface area contributed by atoms with Gasteiger partial charge in [-0.25, -0.2) is 9.78 Å². The topological polar surface area (TPSA) is 102 Å². The molecule has 2 N–H and O–H groups in total. The van der Waals surface area contributed by atoms with Crippen LogP contribution in [-0.4, -0.2) is 25.7 Å². The minimum Gasteiger partial charge on any atom is -0.508 e. The number of benzene rings is 1. The molecule has 0 spiro atoms. The van der Waals surface area contributed by atoms with Crippen molar-refractivity contribution >= 4 is 16.9 Å². The quantitative estimate of drug-likeness (QED) is 0.442. The Hall–Kier alpha value is -3.19. The van der Waals surface area contributed by atoms with E-state index in [2.05, 4.69) is 4.98 Å². The second kappa shape index (κ2) is 8.05. The fourth-order valence-corrected chi connectivity index (χ4v) is 3.52. The molecule has 1 unspecified atom stereocenters. The Kier molecular flexibility index (Phi) is 5.70. The third-order valence-corrected chi connectivity index (χ3v) is 4.76. The maximum absolute atomic E-state index is 12.8. The zero-order valence-electron chi connectivity index (χ0n) is 16.9. The van der Waals surface area contributed by atoms with Gasteiger partial charge in [0.05, 0.1) is 29.0 Å². The smallest absolute Gasteiger partial charge is 0.340 e. The molecule has 0 bridgehead atoms. The van der Waals surface area contributed by atoms with Gasteiger partial charge in [0.2, 0.25) is 0 Å². The number of aromatic hydroxyl groups is 1. The predicted molar refractivity (Wildman–Crippen MR) is 110 cm³/mol. The van der Waals surface area contributed by atoms with Gasteiger partial charge in [0, 0.05) is 16.5 Å². The molecule has 0 saturated heterocycles. The van der Waals surface area contributed by atoms with Crippen LogP contribution in [0.3, 0.4) is 0 Å². The number of esters is 1. The first-order valence-corrected chi connectivity index (χ1v) is 9.77. The number of rotatable bonds is 0. The first kappa shape index (κ1) is 20.5. The molecular formula is C22H24N2O5. The zero-order valence-corrected chi connectivity index (χ0v) is 16.9. The first-order chi connectivity index (χ1) is 14.0. The maximum atomic E-state index is 12.8. The third-order valence-electron chi connectivity index (χ3n) is 4.76. The van der Waals surface area contributed by atoms with E-state index in [1.807, 2.05) is 33.8 Å². The summed E-state index contributed by atoms with van der Waals surface area (Å²) in [6, 6.07) is 8.41. The van der Waals surface area contributed by atoms with Crippen LogP contribution in [0.15, 0.2) is 35.1 Å². The van der Waals surface area contributed by atoms with E-state index in [1.54, 1.807) is 28.8 Å². The molecule has 0 fully saturated rings. The van der Waals surface area contributed by atoms with E-state index < -0.39 is 12.1 Å². The number of phenolic OH excluding ortho intramolecular Hbond substituents is 1. The summed E-state index contributed by atoms with van der Waals surface area (Å²) in [5, 5.41) is 20.5. The summed E-state index contributed by atoms with van der Waals surface area (Å²) in [5.41, 5.74) is 3.05. The fraction of sp³-hybridized carbons (Fsp3) is 0.318. The van der Waals surface area contributed by atoms with Gasteiger partial charge in [0.15, 0.2) is 6.10 Å². The second-order valence-corrected chi connectivity index (χ2v) is 6.24. The van der Waals surface area contributed by atoms with E-state index in [-0.39, 0.29) is 23.5 Å². The summed E-state index contributed by atoms with van der Waals surface area (Å²) in [5.74, 6) is -0.604. The molecule has 0 saturated carbocycles. The molecule has 7 nitrogen and oxygen atoms in total. The minimum absolute atomic E-state index is 0.135. The fourth-order valence-electron chi connectivity index (χ4n) is 3.52. The van der Waals surface area contributed by atoms with Gasteiger partial charge in [-0.3, -0.25) is 4.79 Å². The van der Waals surface area contributed by atoms with Crippen molar-refractivity contribution in [2.24, 2.45) is 0 Å². The standard InChI is InChI=1S/C18H12N2O5.2C2H6/c21-10-1-2-13-8(4-10)3-9-6-20-14(15(9)19-13)5-11-12(17(20)23)7-25-18(24)16(11)22;2*1-2/h1-5,16,21-22H,6-7H2;2*1-2H3. The van der Waals surface area contributed by atoms with Crippen molar-refractivity contribution in [1.29, 1.82) is 0 Å². The number of fused-ring (bicyclic) bond motifs is 5. The second-order valence-electron chi connectivity index (χ2n) is 6.24. The number of hydrogen-bond acceptors (Lipinski definition) is 6. The van der Waals surface area contributed by atoms with Crippen molar-refractivity contribution in [3.63, 3.8) is 0 Å². The highest BCUT2D eigenvalue weighted by Gasteiger charge is 2.33. The van der Waals surface area contributed by atoms with Crippen LogP contribution in [0.5, 0.6) is 5.75 Å². The molecule has 0 amide bonds. The number of hydrogen-bond donors (Lipinski definition) is 2. The number of pyridine rings is 2. The predicted octanol–water partition coefficient (Wildman–Crippen LogP) is 3.27. The summed E-state index contributed by atoms with van der Waals surface area (Å²) >= 11 is 0. The summed E-state index contributed by atoms with van der Waals surface area (Å²) in [4.78, 5) is 29.0. The molecule has 29 heavy (non-hydrogen) atoms. The van der Waals surface area contributed by atoms with Crippen molar-refractivity contribution < 1.29 is 19.7 Å². The Labute approximate surface area is 168 Å². The van der Waals surface area contributed by atoms with Crippen molar-refractivity contribution in [3.05, 3.63) is 57.4 Å². The number of ether oxygens (including phenoxy) is 1. The number of aliphatic hydroxyl groups excluding tert-OH is 1. The Balaban J connectivity index is 0.000000568. The highest BCUT2D eigenvalue weighted by Crippen LogP contribution is 2.35. The van der Waals surface area contributed by atoms with Crippen molar-refractivity contribution in [2.45, 2.75) is 47.0 Å². The van der Waals surface area contributed by atoms with Gasteiger partial charge in [-0.1, -0.05) is 27.7 Å². The van der Waals surface area contributed by atoms with Crippen LogP contribution in [0.1, 0.15) is 50.5 Å². The van der Waals surface area contributed by atoms with Crippen molar-refractivity contribution in [1.82, 2.24) is 9.55 Å². The van der Waals surface area contributed by atoms with E-state index in [4.69, 9.17) is 4.74 Å². The van der Waals surface area contributed by atoms with Gasteiger partial charge >= 0.3 is 5.97 Å². The van der Waals surface area contributed by atoms with Gasteiger partial charge in [0.25, 0.3) is 5.56 Å². The van der Waals surface area contributed by atoms with Crippen LogP contribution in [0.25, 0.3) is 22.3 Å². The lowest BCUT2D eigenvalue weighted by molar-refractivity contribution is -0.157. The third kappa shape index (κ3) is 3.27. The summed E-state index contributed by atoms with van der Waals surface area (Å²) < 4.78 is 6.44. The monoisotopic (exact) mass is 396 g/mol. The number of carbonyl (C=O) groups is 1. The zero-order chi connectivity index (χ0) is 21.3. The minimum atomic E-state index is -1.45. The average molecular weight is 396 g/mol. The molecule has 1 aromatic carbocycles. The number of nitrogens with zero attached hydrogens (tertiary/aromatic N) is 2. The Morgan fingerprint density at radius 2 is 1.83 bits per heavy atom. The van der Waals surface area contributed by atoms with E-state index in [0.717, 1.165) is 10.9 Å². The number of aliphatic hydroxyl groups is 1. The van der Waals surface area contributed by atoms with Crippen LogP contribution in [0, 0.1) is 0 Å². The Bertz CT molecular complexity index is 1150. The Morgan fingerprint density at radius 1 is 1.10 bits per heavy atom. The van der Waals surface area contributed by atoms with Crippen LogP contribution in [0.4, 0.5) is 0 Å². The van der Waals surface area contributed by atoms with Gasteiger partial charge in [-0.2, -0.15) is 0 Å². The van der Waals surface area contributed by atoms with Crippen molar-refractivity contribution in [3.8, 4) is 17.1 Å². The molecule has 2 aromatic heterocycles. The van der Waals surface area contributed by atoms with Gasteiger partial charge in [-0.05, 0) is 30.3 Å². The molecular weight excluding hydrogens is 372 g/mol. The lowest BCUT2D eigenvalue weighted by Crippen LogP contribution is -2.32. The van der Waals surface area contributed by atoms with Gasteiger partial charge in [0.1, 0.15) is 12.4 Å². The molecule has 1 atom stereocenters. The molecule has 0 aliphatic carbocycles. The Morgan fingerprint density at radius 3 is 2.55 bits per heavy atom. The molecule has 0 radical (unpaired) electrons. The van der Waals surface area contributed by atoms with Crippen LogP contribution >= 0.6 is 0 Å². The van der Waals surface area contributed by atoms with Gasteiger partial charge < -0.3 is 19.5 Å².